The molecule has 0 unspecified atom stereocenters. The van der Waals surface area contributed by atoms with Gasteiger partial charge in [0.2, 0.25) is 0 Å². The van der Waals surface area contributed by atoms with Crippen molar-refractivity contribution in [2.24, 2.45) is 0 Å². The summed E-state index contributed by atoms with van der Waals surface area (Å²) in [4.78, 5) is 15.5. The Morgan fingerprint density at radius 2 is 2.17 bits per heavy atom. The van der Waals surface area contributed by atoms with Gasteiger partial charge in [-0.05, 0) is 47.1 Å². The van der Waals surface area contributed by atoms with Crippen molar-refractivity contribution >= 4 is 44.4 Å². The number of carbonyl (C=O) groups is 1. The molecule has 0 aromatic carbocycles. The molecule has 4 heterocycles. The van der Waals surface area contributed by atoms with Crippen molar-refractivity contribution in [2.75, 3.05) is 18.6 Å². The number of nitrogens with zero attached hydrogens (tertiary/aromatic N) is 4. The van der Waals surface area contributed by atoms with E-state index >= 15 is 0 Å². The van der Waals surface area contributed by atoms with E-state index in [1.165, 1.54) is 9.75 Å². The lowest BCUT2D eigenvalue weighted by Gasteiger charge is -2.36. The predicted molar refractivity (Wildman–Crippen MR) is 95.1 cm³/mol. The number of thiophene rings is 1. The van der Waals surface area contributed by atoms with Crippen molar-refractivity contribution in [2.45, 2.75) is 13.3 Å². The van der Waals surface area contributed by atoms with E-state index in [9.17, 15) is 4.79 Å². The molecule has 7 heteroatoms. The smallest absolute Gasteiger partial charge is 0.285 e. The van der Waals surface area contributed by atoms with Gasteiger partial charge < -0.3 is 0 Å². The summed E-state index contributed by atoms with van der Waals surface area (Å²) in [5, 5.41) is 8.13. The quantitative estimate of drug-likeness (QED) is 0.638. The van der Waals surface area contributed by atoms with Gasteiger partial charge in [-0.1, -0.05) is 0 Å². The van der Waals surface area contributed by atoms with Gasteiger partial charge in [0.15, 0.2) is 5.69 Å². The Bertz CT molecular complexity index is 916. The molecular formula is C16H15BrN4OS. The molecule has 0 saturated carbocycles. The van der Waals surface area contributed by atoms with E-state index < -0.39 is 0 Å². The first kappa shape index (κ1) is 14.7. The molecule has 5 nitrogen and oxygen atoms in total. The third kappa shape index (κ3) is 2.44. The Hall–Kier alpha value is -1.86. The Balaban J connectivity index is 1.68. The van der Waals surface area contributed by atoms with Crippen LogP contribution in [0.1, 0.15) is 20.2 Å². The van der Waals surface area contributed by atoms with Crippen molar-refractivity contribution in [3.05, 3.63) is 50.4 Å². The lowest BCUT2D eigenvalue weighted by molar-refractivity contribution is 0.0733. The normalized spacial score (nSPS) is 14.4. The zero-order valence-corrected chi connectivity index (χ0v) is 15.2. The monoisotopic (exact) mass is 390 g/mol. The van der Waals surface area contributed by atoms with Gasteiger partial charge in [-0.15, -0.1) is 11.3 Å². The molecule has 0 fully saturated rings. The molecule has 23 heavy (non-hydrogen) atoms. The summed E-state index contributed by atoms with van der Waals surface area (Å²) in [7, 11) is 1.94. The molecule has 4 rings (SSSR count). The minimum absolute atomic E-state index is 0.0678. The second-order valence-electron chi connectivity index (χ2n) is 5.61. The summed E-state index contributed by atoms with van der Waals surface area (Å²) in [6, 6.07) is 7.85. The van der Waals surface area contributed by atoms with E-state index in [2.05, 4.69) is 34.0 Å². The van der Waals surface area contributed by atoms with Crippen molar-refractivity contribution in [1.82, 2.24) is 14.6 Å². The van der Waals surface area contributed by atoms with E-state index in [0.717, 1.165) is 22.1 Å². The standard InChI is InChI=1S/C16H15BrN4OS/c1-10-7-14-15(23-10)5-6-21(19(14)2)16(22)13-8-12-4-3-11(17)9-20(12)18-13/h3-4,7-9H,5-6H2,1-2H3. The highest BCUT2D eigenvalue weighted by Crippen LogP contribution is 2.34. The molecule has 0 bridgehead atoms. The van der Waals surface area contributed by atoms with Gasteiger partial charge in [0.1, 0.15) is 0 Å². The molecule has 0 radical (unpaired) electrons. The van der Waals surface area contributed by atoms with Crippen LogP contribution in [0.15, 0.2) is 34.9 Å². The highest BCUT2D eigenvalue weighted by molar-refractivity contribution is 9.10. The predicted octanol–water partition coefficient (Wildman–Crippen LogP) is 3.52. The average Bonchev–Trinajstić information content (AvgIpc) is 3.09. The first-order chi connectivity index (χ1) is 11.0. The minimum atomic E-state index is -0.0678. The van der Waals surface area contributed by atoms with Crippen LogP contribution >= 0.6 is 27.3 Å². The van der Waals surface area contributed by atoms with Gasteiger partial charge in [0.05, 0.1) is 11.2 Å². The van der Waals surface area contributed by atoms with Gasteiger partial charge in [-0.2, -0.15) is 5.10 Å². The maximum absolute atomic E-state index is 12.9. The van der Waals surface area contributed by atoms with Crippen LogP contribution in [0.4, 0.5) is 5.69 Å². The van der Waals surface area contributed by atoms with E-state index in [-0.39, 0.29) is 5.91 Å². The van der Waals surface area contributed by atoms with Crippen molar-refractivity contribution in [1.29, 1.82) is 0 Å². The number of amides is 1. The molecule has 1 aliphatic heterocycles. The lowest BCUT2D eigenvalue weighted by Crippen LogP contribution is -2.48. The summed E-state index contributed by atoms with van der Waals surface area (Å²) < 4.78 is 2.65. The SMILES string of the molecule is Cc1cc2c(s1)CCN(C(=O)c1cc3ccc(Br)cn3n1)N2C. The molecule has 0 spiro atoms. The largest absolute Gasteiger partial charge is 0.292 e. The number of hydrogen-bond donors (Lipinski definition) is 0. The number of hydrazine groups is 1. The van der Waals surface area contributed by atoms with Crippen LogP contribution < -0.4 is 5.01 Å². The molecule has 118 valence electrons. The molecule has 3 aromatic rings. The van der Waals surface area contributed by atoms with Gasteiger partial charge in [-0.3, -0.25) is 9.80 Å². The van der Waals surface area contributed by atoms with Gasteiger partial charge in [-0.25, -0.2) is 9.52 Å². The zero-order chi connectivity index (χ0) is 16.1. The number of anilines is 1. The van der Waals surface area contributed by atoms with E-state index in [4.69, 9.17) is 0 Å². The molecule has 1 amide bonds. The highest BCUT2D eigenvalue weighted by Gasteiger charge is 2.29. The molecule has 3 aromatic heterocycles. The number of aromatic nitrogens is 2. The lowest BCUT2D eigenvalue weighted by atomic mass is 10.2. The summed E-state index contributed by atoms with van der Waals surface area (Å²) in [6.07, 6.45) is 2.75. The first-order valence-electron chi connectivity index (χ1n) is 7.33. The fourth-order valence-electron chi connectivity index (χ4n) is 2.93. The van der Waals surface area contributed by atoms with Crippen molar-refractivity contribution < 1.29 is 4.79 Å². The van der Waals surface area contributed by atoms with E-state index in [0.29, 0.717) is 12.2 Å². The average molecular weight is 391 g/mol. The van der Waals surface area contributed by atoms with E-state index in [1.807, 2.05) is 36.5 Å². The highest BCUT2D eigenvalue weighted by atomic mass is 79.9. The maximum atomic E-state index is 12.9. The van der Waals surface area contributed by atoms with Crippen LogP contribution in [0.5, 0.6) is 0 Å². The first-order valence-corrected chi connectivity index (χ1v) is 8.93. The summed E-state index contributed by atoms with van der Waals surface area (Å²) in [5.74, 6) is -0.0678. The van der Waals surface area contributed by atoms with Crippen molar-refractivity contribution in [3.63, 3.8) is 0 Å². The van der Waals surface area contributed by atoms with Gasteiger partial charge >= 0.3 is 0 Å². The minimum Gasteiger partial charge on any atom is -0.285 e. The van der Waals surface area contributed by atoms with Crippen LogP contribution in [-0.2, 0) is 6.42 Å². The number of fused-ring (bicyclic) bond motifs is 2. The van der Waals surface area contributed by atoms with Crippen LogP contribution in [0.3, 0.4) is 0 Å². The Labute approximate surface area is 146 Å². The maximum Gasteiger partial charge on any atom is 0.292 e. The number of halogens is 1. The fraction of sp³-hybridized carbons (Fsp3) is 0.250. The molecular weight excluding hydrogens is 376 g/mol. The van der Waals surface area contributed by atoms with Crippen LogP contribution in [0.25, 0.3) is 5.52 Å². The second-order valence-corrected chi connectivity index (χ2v) is 7.87. The number of rotatable bonds is 1. The van der Waals surface area contributed by atoms with Gasteiger partial charge in [0.25, 0.3) is 5.91 Å². The molecule has 1 aliphatic rings. The van der Waals surface area contributed by atoms with E-state index in [1.54, 1.807) is 20.9 Å². The Kier molecular flexibility index (Phi) is 3.42. The number of aryl methyl sites for hydroxylation is 1. The summed E-state index contributed by atoms with van der Waals surface area (Å²) in [6.45, 7) is 2.78. The summed E-state index contributed by atoms with van der Waals surface area (Å²) >= 11 is 5.23. The third-order valence-electron chi connectivity index (χ3n) is 4.05. The third-order valence-corrected chi connectivity index (χ3v) is 5.62. The van der Waals surface area contributed by atoms with Crippen molar-refractivity contribution in [3.8, 4) is 0 Å². The summed E-state index contributed by atoms with van der Waals surface area (Å²) in [5.41, 5.74) is 2.49. The van der Waals surface area contributed by atoms with Gasteiger partial charge in [0, 0.05) is 40.4 Å². The topological polar surface area (TPSA) is 40.9 Å². The van der Waals surface area contributed by atoms with Crippen LogP contribution in [-0.4, -0.2) is 34.1 Å². The fourth-order valence-corrected chi connectivity index (χ4v) is 4.30. The van der Waals surface area contributed by atoms with Crippen LogP contribution in [0, 0.1) is 6.92 Å². The van der Waals surface area contributed by atoms with Crippen LogP contribution in [0.2, 0.25) is 0 Å². The zero-order valence-electron chi connectivity index (χ0n) is 12.8. The number of hydrogen-bond acceptors (Lipinski definition) is 4. The number of pyridine rings is 1. The molecule has 0 N–H and O–H groups in total. The molecule has 0 saturated heterocycles. The Morgan fingerprint density at radius 1 is 1.35 bits per heavy atom. The molecule has 0 aliphatic carbocycles. The molecule has 0 atom stereocenters. The second kappa shape index (κ2) is 5.35. The Morgan fingerprint density at radius 3 is 3.00 bits per heavy atom. The number of carbonyl (C=O) groups excluding carboxylic acids is 1.